The molecular formula is C25H29N6O7S2+. The Hall–Kier alpha value is -3.69. The third kappa shape index (κ3) is 5.11. The number of carbonyl (C=O) groups excluding carboxylic acids is 2. The maximum absolute atomic E-state index is 13.3. The second-order valence-electron chi connectivity index (χ2n) is 10.3. The number of quaternary nitrogens is 1. The number of fused-ring (bicyclic) bond motifs is 1. The van der Waals surface area contributed by atoms with Crippen molar-refractivity contribution < 1.29 is 38.7 Å². The summed E-state index contributed by atoms with van der Waals surface area (Å²) in [6.07, 6.45) is 9.06. The number of nitrogen functional groups attached to an aromatic ring is 1. The zero-order valence-corrected chi connectivity index (χ0v) is 23.2. The number of thioether (sulfide) groups is 1. The fourth-order valence-electron chi connectivity index (χ4n) is 4.89. The third-order valence-corrected chi connectivity index (χ3v) is 9.43. The van der Waals surface area contributed by atoms with Crippen molar-refractivity contribution in [2.75, 3.05) is 38.2 Å². The molecule has 15 heteroatoms. The van der Waals surface area contributed by atoms with Crippen molar-refractivity contribution in [2.24, 2.45) is 5.16 Å². The molecule has 1 saturated heterocycles. The molecule has 0 radical (unpaired) electrons. The lowest BCUT2D eigenvalue weighted by Crippen LogP contribution is -2.71. The van der Waals surface area contributed by atoms with Crippen LogP contribution in [0.4, 0.5) is 5.13 Å². The molecule has 5 N–H and O–H groups in total. The molecule has 0 spiro atoms. The Morgan fingerprint density at radius 3 is 2.62 bits per heavy atom. The molecule has 1 aliphatic carbocycles. The van der Waals surface area contributed by atoms with E-state index in [1.54, 1.807) is 6.08 Å². The normalized spacial score (nSPS) is 24.9. The molecule has 13 nitrogen and oxygen atoms in total. The summed E-state index contributed by atoms with van der Waals surface area (Å²) < 4.78 is 0.796. The van der Waals surface area contributed by atoms with Gasteiger partial charge < -0.3 is 30.6 Å². The number of carboxylic acid groups (broad SMARTS) is 2. The molecule has 40 heavy (non-hydrogen) atoms. The number of anilines is 1. The molecule has 1 aromatic rings. The van der Waals surface area contributed by atoms with E-state index in [1.165, 1.54) is 22.0 Å². The van der Waals surface area contributed by atoms with Crippen molar-refractivity contribution in [2.45, 2.75) is 36.3 Å². The number of hydrogen-bond donors (Lipinski definition) is 4. The number of carboxylic acids is 2. The van der Waals surface area contributed by atoms with Crippen molar-refractivity contribution >= 4 is 57.7 Å². The minimum absolute atomic E-state index is 0.0721. The smallest absolute Gasteiger partial charge is 0.352 e. The molecule has 4 heterocycles. The van der Waals surface area contributed by atoms with Crippen LogP contribution in [-0.4, -0.2) is 103 Å². The van der Waals surface area contributed by atoms with E-state index in [-0.39, 0.29) is 35.1 Å². The van der Waals surface area contributed by atoms with Crippen LogP contribution in [0.1, 0.15) is 25.0 Å². The van der Waals surface area contributed by atoms with Gasteiger partial charge in [-0.3, -0.25) is 14.5 Å². The number of β-lactam (4-membered cyclic amide) rings is 1. The number of amides is 2. The number of nitrogens with zero attached hydrogens (tertiary/aromatic N) is 4. The van der Waals surface area contributed by atoms with Gasteiger partial charge >= 0.3 is 11.9 Å². The molecule has 0 bridgehead atoms. The fourth-order valence-corrected chi connectivity index (χ4v) is 6.75. The topological polar surface area (TPSA) is 185 Å². The average Bonchev–Trinajstić information content (AvgIpc) is 3.51. The van der Waals surface area contributed by atoms with Gasteiger partial charge in [-0.05, 0) is 30.2 Å². The first-order chi connectivity index (χ1) is 19.0. The summed E-state index contributed by atoms with van der Waals surface area (Å²) in [6, 6.07) is -1.02. The van der Waals surface area contributed by atoms with Gasteiger partial charge in [0.1, 0.15) is 22.8 Å². The molecular weight excluding hydrogens is 560 g/mol. The van der Waals surface area contributed by atoms with Crippen molar-refractivity contribution in [3.63, 3.8) is 0 Å². The summed E-state index contributed by atoms with van der Waals surface area (Å²) in [5.74, 6) is -3.45. The van der Waals surface area contributed by atoms with Crippen molar-refractivity contribution in [3.8, 4) is 0 Å². The number of nitrogens with one attached hydrogen (secondary N) is 1. The van der Waals surface area contributed by atoms with Crippen molar-refractivity contribution in [1.82, 2.24) is 15.2 Å². The van der Waals surface area contributed by atoms with Crippen LogP contribution in [-0.2, 0) is 24.0 Å². The Morgan fingerprint density at radius 2 is 2.05 bits per heavy atom. The molecule has 2 atom stereocenters. The van der Waals surface area contributed by atoms with E-state index in [1.807, 2.05) is 6.08 Å². The molecule has 4 aliphatic rings. The highest BCUT2D eigenvalue weighted by Crippen LogP contribution is 2.41. The van der Waals surface area contributed by atoms with Crippen LogP contribution in [0, 0.1) is 0 Å². The largest absolute Gasteiger partial charge is 0.478 e. The number of nitrogens with two attached hydrogens (primary N) is 1. The first kappa shape index (κ1) is 27.9. The van der Waals surface area contributed by atoms with Gasteiger partial charge in [0.2, 0.25) is 5.60 Å². The highest BCUT2D eigenvalue weighted by Gasteiger charge is 2.54. The van der Waals surface area contributed by atoms with E-state index in [2.05, 4.69) is 34.7 Å². The Kier molecular flexibility index (Phi) is 7.46. The monoisotopic (exact) mass is 589 g/mol. The van der Waals surface area contributed by atoms with Gasteiger partial charge in [-0.1, -0.05) is 11.2 Å². The zero-order valence-electron chi connectivity index (χ0n) is 21.6. The molecule has 1 aromatic heterocycles. The summed E-state index contributed by atoms with van der Waals surface area (Å²) in [5.41, 5.74) is 4.37. The third-order valence-electron chi connectivity index (χ3n) is 7.45. The number of likely N-dealkylation sites (N-methyl/N-ethyl adjacent to an activating group) is 1. The van der Waals surface area contributed by atoms with Gasteiger partial charge in [0.15, 0.2) is 10.8 Å². The number of oxime groups is 1. The average molecular weight is 590 g/mol. The predicted molar refractivity (Wildman–Crippen MR) is 147 cm³/mol. The van der Waals surface area contributed by atoms with Crippen LogP contribution >= 0.6 is 23.1 Å². The fraction of sp³-hybridized carbons (Fsp3) is 0.440. The lowest BCUT2D eigenvalue weighted by Gasteiger charge is -2.49. The van der Waals surface area contributed by atoms with Crippen LogP contribution in [0.3, 0.4) is 0 Å². The Balaban J connectivity index is 1.32. The highest BCUT2D eigenvalue weighted by molar-refractivity contribution is 8.00. The lowest BCUT2D eigenvalue weighted by molar-refractivity contribution is -0.887. The summed E-state index contributed by atoms with van der Waals surface area (Å²) in [7, 11) is 2.12. The van der Waals surface area contributed by atoms with Crippen LogP contribution < -0.4 is 11.1 Å². The molecule has 5 rings (SSSR count). The second-order valence-corrected chi connectivity index (χ2v) is 12.3. The first-order valence-electron chi connectivity index (χ1n) is 12.6. The van der Waals surface area contributed by atoms with E-state index >= 15 is 0 Å². The van der Waals surface area contributed by atoms with E-state index in [0.29, 0.717) is 17.7 Å². The Morgan fingerprint density at radius 1 is 1.32 bits per heavy atom. The summed E-state index contributed by atoms with van der Waals surface area (Å²) in [5, 5.41) is 26.9. The molecule has 2 amide bonds. The van der Waals surface area contributed by atoms with Crippen LogP contribution in [0.2, 0.25) is 0 Å². The van der Waals surface area contributed by atoms with E-state index < -0.39 is 40.8 Å². The quantitative estimate of drug-likeness (QED) is 0.0999. The zero-order chi connectivity index (χ0) is 28.7. The highest BCUT2D eigenvalue weighted by atomic mass is 32.2. The molecule has 2 fully saturated rings. The summed E-state index contributed by atoms with van der Waals surface area (Å²) >= 11 is 2.40. The van der Waals surface area contributed by atoms with Gasteiger partial charge in [-0.15, -0.1) is 23.1 Å². The predicted octanol–water partition coefficient (Wildman–Crippen LogP) is 0.765. The lowest BCUT2D eigenvalue weighted by atomic mass is 9.80. The van der Waals surface area contributed by atoms with Crippen molar-refractivity contribution in [3.05, 3.63) is 46.6 Å². The van der Waals surface area contributed by atoms with Gasteiger partial charge in [0.25, 0.3) is 11.8 Å². The number of thiazole rings is 1. The van der Waals surface area contributed by atoms with E-state index in [9.17, 15) is 29.4 Å². The summed E-state index contributed by atoms with van der Waals surface area (Å²) in [6.45, 7) is 2.52. The molecule has 212 valence electrons. The summed E-state index contributed by atoms with van der Waals surface area (Å²) in [4.78, 5) is 60.9. The molecule has 3 aliphatic heterocycles. The number of allylic oxidation sites excluding steroid dienone is 1. The molecule has 1 saturated carbocycles. The second kappa shape index (κ2) is 10.7. The molecule has 0 aromatic carbocycles. The number of rotatable bonds is 10. The number of hydrogen-bond acceptors (Lipinski definition) is 10. The maximum atomic E-state index is 13.3. The van der Waals surface area contributed by atoms with Gasteiger partial charge in [-0.25, -0.2) is 14.6 Å². The van der Waals surface area contributed by atoms with Gasteiger partial charge in [0, 0.05) is 24.0 Å². The standard InChI is InChI=1S/C25H28N6O7S2/c1-31(9-2-3-10-31)11-4-6-14-12-39-21-17(20(33)30(21)18(14)22(34)35)28-19(32)16(15-13-40-24(26)27-15)29-38-25(23(36)37)7-5-8-25/h2-4,6,13,17,21H,5,7-12H2,1H3,(H4-,26,27,28,32,34,35,36,37)/p+1/b6-4+,29-16-/t17?,21-/m1/s1. The van der Waals surface area contributed by atoms with Crippen molar-refractivity contribution in [1.29, 1.82) is 0 Å². The number of aliphatic carboxylic acids is 2. The van der Waals surface area contributed by atoms with Gasteiger partial charge in [0.05, 0.1) is 26.7 Å². The van der Waals surface area contributed by atoms with E-state index in [4.69, 9.17) is 10.6 Å². The van der Waals surface area contributed by atoms with Gasteiger partial charge in [-0.2, -0.15) is 0 Å². The first-order valence-corrected chi connectivity index (χ1v) is 14.5. The molecule has 1 unspecified atom stereocenters. The Bertz CT molecular complexity index is 1370. The Labute approximate surface area is 237 Å². The van der Waals surface area contributed by atoms with Crippen LogP contribution in [0.5, 0.6) is 0 Å². The van der Waals surface area contributed by atoms with E-state index in [0.717, 1.165) is 35.5 Å². The maximum Gasteiger partial charge on any atom is 0.352 e. The number of carbonyl (C=O) groups is 4. The number of aromatic nitrogens is 1. The minimum atomic E-state index is -1.52. The minimum Gasteiger partial charge on any atom is -0.478 e. The van der Waals surface area contributed by atoms with Crippen LogP contribution in [0.15, 0.2) is 46.1 Å². The van der Waals surface area contributed by atoms with Crippen LogP contribution in [0.25, 0.3) is 0 Å². The SMILES string of the molecule is C[N+]1(C/C=C/C2=C(C(=O)O)N3C(=O)C(NC(=O)/C(=N\OC4(C(=O)O)CCC4)c4csc(N)n4)[C@H]3SC2)CC=CC1.